The molecule has 0 heterocycles. The van der Waals surface area contributed by atoms with Gasteiger partial charge in [-0.3, -0.25) is 0 Å². The second-order valence-corrected chi connectivity index (χ2v) is 5.26. The largest absolute Gasteiger partial charge is 0.392 e. The van der Waals surface area contributed by atoms with E-state index in [2.05, 4.69) is 4.72 Å². The molecule has 1 rings (SSSR count). The molecule has 0 atom stereocenters. The van der Waals surface area contributed by atoms with Gasteiger partial charge in [0.25, 0.3) is 0 Å². The molecular weight excluding hydrogens is 214 g/mol. The van der Waals surface area contributed by atoms with Crippen molar-refractivity contribution in [3.05, 3.63) is 28.8 Å². The van der Waals surface area contributed by atoms with E-state index in [4.69, 9.17) is 5.11 Å². The van der Waals surface area contributed by atoms with Crippen LogP contribution in [0.25, 0.3) is 0 Å². The molecule has 2 N–H and O–H groups in total. The van der Waals surface area contributed by atoms with Gasteiger partial charge in [-0.25, -0.2) is 13.1 Å². The van der Waals surface area contributed by atoms with Crippen LogP contribution in [0.3, 0.4) is 0 Å². The van der Waals surface area contributed by atoms with Crippen molar-refractivity contribution in [3.8, 4) is 0 Å². The fourth-order valence-corrected chi connectivity index (χ4v) is 2.47. The normalized spacial score (nSPS) is 11.7. The smallest absolute Gasteiger partial charge is 0.240 e. The van der Waals surface area contributed by atoms with Crippen LogP contribution < -0.4 is 4.72 Å². The lowest BCUT2D eigenvalue weighted by atomic mass is 10.1. The SMILES string of the molecule is CNS(=O)(=O)c1cc(CO)cc(C)c1C. The van der Waals surface area contributed by atoms with Crippen LogP contribution in [0.5, 0.6) is 0 Å². The minimum Gasteiger partial charge on any atom is -0.392 e. The molecular formula is C10H15NO3S. The molecule has 0 aliphatic heterocycles. The van der Waals surface area contributed by atoms with E-state index in [1.165, 1.54) is 13.1 Å². The van der Waals surface area contributed by atoms with Crippen molar-refractivity contribution in [1.29, 1.82) is 0 Å². The van der Waals surface area contributed by atoms with Gasteiger partial charge in [-0.2, -0.15) is 0 Å². The van der Waals surface area contributed by atoms with Crippen LogP contribution in [0.1, 0.15) is 16.7 Å². The lowest BCUT2D eigenvalue weighted by Crippen LogP contribution is -2.20. The van der Waals surface area contributed by atoms with Crippen molar-refractivity contribution in [2.24, 2.45) is 0 Å². The summed E-state index contributed by atoms with van der Waals surface area (Å²) in [4.78, 5) is 0.231. The molecule has 15 heavy (non-hydrogen) atoms. The van der Waals surface area contributed by atoms with Gasteiger partial charge in [0.2, 0.25) is 10.0 Å². The van der Waals surface area contributed by atoms with E-state index in [0.717, 1.165) is 5.56 Å². The highest BCUT2D eigenvalue weighted by atomic mass is 32.2. The summed E-state index contributed by atoms with van der Waals surface area (Å²) in [5.74, 6) is 0. The van der Waals surface area contributed by atoms with Crippen LogP contribution >= 0.6 is 0 Å². The fraction of sp³-hybridized carbons (Fsp3) is 0.400. The van der Waals surface area contributed by atoms with E-state index in [1.807, 2.05) is 6.92 Å². The first kappa shape index (κ1) is 12.2. The summed E-state index contributed by atoms with van der Waals surface area (Å²) in [5, 5.41) is 9.00. The summed E-state index contributed by atoms with van der Waals surface area (Å²) in [6.45, 7) is 3.41. The number of hydrogen-bond donors (Lipinski definition) is 2. The third kappa shape index (κ3) is 2.37. The fourth-order valence-electron chi connectivity index (χ4n) is 1.38. The van der Waals surface area contributed by atoms with Crippen molar-refractivity contribution >= 4 is 10.0 Å². The molecule has 0 saturated carbocycles. The first-order chi connectivity index (χ1) is 6.92. The van der Waals surface area contributed by atoms with Crippen molar-refractivity contribution in [1.82, 2.24) is 4.72 Å². The summed E-state index contributed by atoms with van der Waals surface area (Å²) in [6.07, 6.45) is 0. The Morgan fingerprint density at radius 2 is 1.93 bits per heavy atom. The van der Waals surface area contributed by atoms with Gasteiger partial charge < -0.3 is 5.11 Å². The maximum Gasteiger partial charge on any atom is 0.240 e. The van der Waals surface area contributed by atoms with Gasteiger partial charge in [-0.05, 0) is 43.7 Å². The Kier molecular flexibility index (Phi) is 3.49. The number of aliphatic hydroxyl groups is 1. The first-order valence-electron chi connectivity index (χ1n) is 4.57. The molecule has 1 aromatic carbocycles. The maximum absolute atomic E-state index is 11.6. The van der Waals surface area contributed by atoms with Crippen LogP contribution in [0.2, 0.25) is 0 Å². The summed E-state index contributed by atoms with van der Waals surface area (Å²) in [7, 11) is -2.07. The van der Waals surface area contributed by atoms with E-state index < -0.39 is 10.0 Å². The Hall–Kier alpha value is -0.910. The van der Waals surface area contributed by atoms with Gasteiger partial charge in [-0.15, -0.1) is 0 Å². The number of rotatable bonds is 3. The number of sulfonamides is 1. The van der Waals surface area contributed by atoms with E-state index in [1.54, 1.807) is 13.0 Å². The lowest BCUT2D eigenvalue weighted by Gasteiger charge is -2.10. The molecule has 0 aliphatic carbocycles. The highest BCUT2D eigenvalue weighted by Gasteiger charge is 2.16. The molecule has 0 radical (unpaired) electrons. The Bertz CT molecular complexity index is 466. The topological polar surface area (TPSA) is 66.4 Å². The van der Waals surface area contributed by atoms with E-state index in [-0.39, 0.29) is 11.5 Å². The zero-order valence-electron chi connectivity index (χ0n) is 9.03. The third-order valence-electron chi connectivity index (χ3n) is 2.42. The molecule has 0 unspecified atom stereocenters. The van der Waals surface area contributed by atoms with Gasteiger partial charge in [0.05, 0.1) is 11.5 Å². The molecule has 0 aliphatic rings. The summed E-state index contributed by atoms with van der Waals surface area (Å²) in [6, 6.07) is 3.28. The molecule has 4 nitrogen and oxygen atoms in total. The molecule has 0 saturated heterocycles. The van der Waals surface area contributed by atoms with E-state index >= 15 is 0 Å². The highest BCUT2D eigenvalue weighted by molar-refractivity contribution is 7.89. The first-order valence-corrected chi connectivity index (χ1v) is 6.05. The quantitative estimate of drug-likeness (QED) is 0.802. The van der Waals surface area contributed by atoms with Gasteiger partial charge >= 0.3 is 0 Å². The lowest BCUT2D eigenvalue weighted by molar-refractivity contribution is 0.281. The molecule has 0 spiro atoms. The zero-order valence-corrected chi connectivity index (χ0v) is 9.85. The van der Waals surface area contributed by atoms with E-state index in [0.29, 0.717) is 11.1 Å². The second-order valence-electron chi connectivity index (χ2n) is 3.40. The Morgan fingerprint density at radius 1 is 1.33 bits per heavy atom. The average Bonchev–Trinajstić information content (AvgIpc) is 2.21. The van der Waals surface area contributed by atoms with Crippen LogP contribution in [0.4, 0.5) is 0 Å². The molecule has 0 bridgehead atoms. The van der Waals surface area contributed by atoms with Crippen LogP contribution in [-0.4, -0.2) is 20.6 Å². The molecule has 0 aromatic heterocycles. The van der Waals surface area contributed by atoms with Gasteiger partial charge in [0.15, 0.2) is 0 Å². The van der Waals surface area contributed by atoms with Gasteiger partial charge in [0.1, 0.15) is 0 Å². The van der Waals surface area contributed by atoms with Crippen LogP contribution in [-0.2, 0) is 16.6 Å². The molecule has 84 valence electrons. The second kappa shape index (κ2) is 4.30. The van der Waals surface area contributed by atoms with Gasteiger partial charge in [0, 0.05) is 0 Å². The summed E-state index contributed by atoms with van der Waals surface area (Å²) >= 11 is 0. The predicted molar refractivity (Wildman–Crippen MR) is 58.1 cm³/mol. The molecule has 5 heteroatoms. The van der Waals surface area contributed by atoms with Crippen molar-refractivity contribution in [3.63, 3.8) is 0 Å². The van der Waals surface area contributed by atoms with Crippen molar-refractivity contribution in [2.75, 3.05) is 7.05 Å². The monoisotopic (exact) mass is 229 g/mol. The van der Waals surface area contributed by atoms with Crippen LogP contribution in [0, 0.1) is 13.8 Å². The maximum atomic E-state index is 11.6. The standard InChI is InChI=1S/C10H15NO3S/c1-7-4-9(6-12)5-10(8(7)2)15(13,14)11-3/h4-5,11-12H,6H2,1-3H3. The van der Waals surface area contributed by atoms with Crippen LogP contribution in [0.15, 0.2) is 17.0 Å². The Balaban J connectivity index is 3.48. The third-order valence-corrected chi connectivity index (χ3v) is 3.96. The van der Waals surface area contributed by atoms with Gasteiger partial charge in [-0.1, -0.05) is 6.07 Å². The summed E-state index contributed by atoms with van der Waals surface area (Å²) < 4.78 is 25.6. The molecule has 1 aromatic rings. The summed E-state index contributed by atoms with van der Waals surface area (Å²) in [5.41, 5.74) is 2.17. The number of hydrogen-bond acceptors (Lipinski definition) is 3. The predicted octanol–water partition coefficient (Wildman–Crippen LogP) is 0.704. The zero-order chi connectivity index (χ0) is 11.6. The minimum absolute atomic E-state index is 0.159. The minimum atomic E-state index is -3.45. The average molecular weight is 229 g/mol. The Labute approximate surface area is 90.0 Å². The number of benzene rings is 1. The molecule has 0 fully saturated rings. The van der Waals surface area contributed by atoms with Crippen molar-refractivity contribution in [2.45, 2.75) is 25.3 Å². The van der Waals surface area contributed by atoms with E-state index in [9.17, 15) is 8.42 Å². The highest BCUT2D eigenvalue weighted by Crippen LogP contribution is 2.20. The number of nitrogens with one attached hydrogen (secondary N) is 1. The number of aliphatic hydroxyl groups excluding tert-OH is 1. The van der Waals surface area contributed by atoms with Crippen molar-refractivity contribution < 1.29 is 13.5 Å². The number of aryl methyl sites for hydroxylation is 1. The Morgan fingerprint density at radius 3 is 2.40 bits per heavy atom. The molecule has 0 amide bonds.